The van der Waals surface area contributed by atoms with E-state index in [0.29, 0.717) is 14.7 Å². The van der Waals surface area contributed by atoms with Crippen molar-refractivity contribution in [3.63, 3.8) is 0 Å². The summed E-state index contributed by atoms with van der Waals surface area (Å²) in [7, 11) is 0. The van der Waals surface area contributed by atoms with Crippen molar-refractivity contribution in [1.29, 1.82) is 0 Å². The number of phenolic OH excluding ortho intramolecular Hbond substituents is 1. The first-order valence-electron chi connectivity index (χ1n) is 8.57. The Hall–Kier alpha value is -2.50. The van der Waals surface area contributed by atoms with E-state index in [1.165, 1.54) is 17.6 Å². The number of hydrogen-bond donors (Lipinski definition) is 3. The predicted octanol–water partition coefficient (Wildman–Crippen LogP) is 4.74. The van der Waals surface area contributed by atoms with Crippen LogP contribution < -0.4 is 10.7 Å². The van der Waals surface area contributed by atoms with Gasteiger partial charge < -0.3 is 10.4 Å². The van der Waals surface area contributed by atoms with Gasteiger partial charge in [-0.1, -0.05) is 40.2 Å². The van der Waals surface area contributed by atoms with Crippen molar-refractivity contribution >= 4 is 74.0 Å². The third-order valence-corrected chi connectivity index (χ3v) is 5.89. The fourth-order valence-electron chi connectivity index (χ4n) is 2.36. The lowest BCUT2D eigenvalue weighted by atomic mass is 10.2. The molecule has 2 aromatic carbocycles. The van der Waals surface area contributed by atoms with Crippen LogP contribution in [0.1, 0.15) is 20.8 Å². The van der Waals surface area contributed by atoms with Crippen molar-refractivity contribution in [2.75, 3.05) is 0 Å². The number of hydrogen-bond acceptors (Lipinski definition) is 5. The number of halogens is 2. The summed E-state index contributed by atoms with van der Waals surface area (Å²) in [6, 6.07) is 15.7. The van der Waals surface area contributed by atoms with E-state index >= 15 is 0 Å². The summed E-state index contributed by atoms with van der Waals surface area (Å²) in [6.45, 7) is 0. The van der Waals surface area contributed by atoms with E-state index in [1.54, 1.807) is 48.5 Å². The lowest BCUT2D eigenvalue weighted by Crippen LogP contribution is -2.32. The van der Waals surface area contributed by atoms with Crippen molar-refractivity contribution in [3.8, 4) is 5.75 Å². The van der Waals surface area contributed by atoms with Crippen molar-refractivity contribution in [1.82, 2.24) is 10.7 Å². The van der Waals surface area contributed by atoms with Crippen molar-refractivity contribution in [2.45, 2.75) is 0 Å². The van der Waals surface area contributed by atoms with Gasteiger partial charge in [0.2, 0.25) is 0 Å². The molecular formula is C21H15BrIN3O3S. The van der Waals surface area contributed by atoms with Crippen LogP contribution in [0.15, 0.2) is 75.2 Å². The molecule has 3 aromatic rings. The zero-order valence-corrected chi connectivity index (χ0v) is 19.9. The van der Waals surface area contributed by atoms with Crippen LogP contribution in [0.2, 0.25) is 0 Å². The first-order chi connectivity index (χ1) is 14.4. The first kappa shape index (κ1) is 22.2. The largest absolute Gasteiger partial charge is 0.506 e. The number of phenols is 1. The Balaban J connectivity index is 1.78. The van der Waals surface area contributed by atoms with Crippen molar-refractivity contribution in [2.24, 2.45) is 5.10 Å². The van der Waals surface area contributed by atoms with Crippen LogP contribution in [0.25, 0.3) is 6.08 Å². The van der Waals surface area contributed by atoms with E-state index < -0.39 is 11.8 Å². The number of rotatable bonds is 6. The highest BCUT2D eigenvalue weighted by atomic mass is 127. The van der Waals surface area contributed by atoms with Crippen LogP contribution >= 0.6 is 49.9 Å². The molecule has 0 atom stereocenters. The second-order valence-corrected chi connectivity index (χ2v) is 8.98. The molecule has 2 amide bonds. The Morgan fingerprint density at radius 2 is 1.90 bits per heavy atom. The molecule has 0 aliphatic rings. The lowest BCUT2D eigenvalue weighted by Gasteiger charge is -2.09. The summed E-state index contributed by atoms with van der Waals surface area (Å²) in [4.78, 5) is 26.0. The van der Waals surface area contributed by atoms with Crippen LogP contribution in [-0.2, 0) is 4.79 Å². The van der Waals surface area contributed by atoms with Crippen molar-refractivity contribution < 1.29 is 14.7 Å². The molecule has 1 heterocycles. The molecule has 3 N–H and O–H groups in total. The average molecular weight is 596 g/mol. The van der Waals surface area contributed by atoms with Gasteiger partial charge in [-0.05, 0) is 64.4 Å². The number of carbonyl (C=O) groups excluding carboxylic acids is 2. The maximum absolute atomic E-state index is 12.7. The molecule has 1 aromatic heterocycles. The van der Waals surface area contributed by atoms with Gasteiger partial charge in [0, 0.05) is 20.5 Å². The van der Waals surface area contributed by atoms with E-state index in [1.807, 2.05) is 40.1 Å². The van der Waals surface area contributed by atoms with E-state index in [2.05, 4.69) is 31.8 Å². The molecule has 0 aliphatic heterocycles. The molecule has 0 saturated carbocycles. The summed E-state index contributed by atoms with van der Waals surface area (Å²) >= 11 is 6.78. The van der Waals surface area contributed by atoms with Crippen LogP contribution in [0.3, 0.4) is 0 Å². The monoisotopic (exact) mass is 595 g/mol. The first-order valence-corrected chi connectivity index (χ1v) is 11.3. The van der Waals surface area contributed by atoms with Gasteiger partial charge in [-0.2, -0.15) is 5.10 Å². The minimum atomic E-state index is -0.590. The standard InChI is InChI=1S/C21H15BrIN3O3S/c22-15-9-14(19(27)17(23)10-15)12-24-26-21(29)18(11-16-7-4-8-30-16)25-20(28)13-5-2-1-3-6-13/h1-12,27H,(H,25,28)(H,26,29). The molecule has 6 nitrogen and oxygen atoms in total. The highest BCUT2D eigenvalue weighted by molar-refractivity contribution is 14.1. The molecular weight excluding hydrogens is 581 g/mol. The van der Waals surface area contributed by atoms with E-state index in [-0.39, 0.29) is 11.4 Å². The number of benzene rings is 2. The third-order valence-electron chi connectivity index (χ3n) is 3.79. The van der Waals surface area contributed by atoms with Gasteiger partial charge in [-0.3, -0.25) is 9.59 Å². The Morgan fingerprint density at radius 1 is 1.13 bits per heavy atom. The van der Waals surface area contributed by atoms with Gasteiger partial charge in [0.1, 0.15) is 11.4 Å². The molecule has 0 aliphatic carbocycles. The maximum atomic E-state index is 12.7. The number of hydrazone groups is 1. The fourth-order valence-corrected chi connectivity index (χ4v) is 4.57. The van der Waals surface area contributed by atoms with Gasteiger partial charge in [0.05, 0.1) is 9.78 Å². The molecule has 0 radical (unpaired) electrons. The number of aromatic hydroxyl groups is 1. The average Bonchev–Trinajstić information content (AvgIpc) is 3.24. The van der Waals surface area contributed by atoms with Gasteiger partial charge in [0.25, 0.3) is 11.8 Å². The maximum Gasteiger partial charge on any atom is 0.287 e. The molecule has 0 fully saturated rings. The van der Waals surface area contributed by atoms with Crippen LogP contribution in [0, 0.1) is 3.57 Å². The van der Waals surface area contributed by atoms with E-state index in [9.17, 15) is 14.7 Å². The minimum Gasteiger partial charge on any atom is -0.506 e. The zero-order chi connectivity index (χ0) is 21.5. The molecule has 0 unspecified atom stereocenters. The van der Waals surface area contributed by atoms with Gasteiger partial charge >= 0.3 is 0 Å². The number of nitrogens with one attached hydrogen (secondary N) is 2. The Bertz CT molecular complexity index is 1120. The quantitative estimate of drug-likeness (QED) is 0.166. The van der Waals surface area contributed by atoms with Crippen LogP contribution in [-0.4, -0.2) is 23.1 Å². The Kier molecular flexibility index (Phi) is 7.77. The van der Waals surface area contributed by atoms with Gasteiger partial charge in [0.15, 0.2) is 0 Å². The van der Waals surface area contributed by atoms with Gasteiger partial charge in [-0.15, -0.1) is 11.3 Å². The number of amides is 2. The highest BCUT2D eigenvalue weighted by Crippen LogP contribution is 2.27. The number of nitrogens with zero attached hydrogens (tertiary/aromatic N) is 1. The Morgan fingerprint density at radius 3 is 2.60 bits per heavy atom. The lowest BCUT2D eigenvalue weighted by molar-refractivity contribution is -0.117. The number of carbonyl (C=O) groups is 2. The molecule has 30 heavy (non-hydrogen) atoms. The second kappa shape index (κ2) is 10.5. The molecule has 0 spiro atoms. The normalized spacial score (nSPS) is 11.5. The Labute approximate surface area is 199 Å². The molecule has 0 saturated heterocycles. The smallest absolute Gasteiger partial charge is 0.287 e. The summed E-state index contributed by atoms with van der Waals surface area (Å²) in [5.74, 6) is -0.937. The highest BCUT2D eigenvalue weighted by Gasteiger charge is 2.14. The second-order valence-electron chi connectivity index (χ2n) is 5.92. The van der Waals surface area contributed by atoms with Crippen LogP contribution in [0.5, 0.6) is 5.75 Å². The van der Waals surface area contributed by atoms with Crippen LogP contribution in [0.4, 0.5) is 0 Å². The predicted molar refractivity (Wildman–Crippen MR) is 130 cm³/mol. The summed E-state index contributed by atoms with van der Waals surface area (Å²) in [5, 5.41) is 18.5. The zero-order valence-electron chi connectivity index (χ0n) is 15.3. The molecule has 9 heteroatoms. The fraction of sp³-hybridized carbons (Fsp3) is 0. The third kappa shape index (κ3) is 6.00. The summed E-state index contributed by atoms with van der Waals surface area (Å²) in [6.07, 6.45) is 2.91. The topological polar surface area (TPSA) is 90.8 Å². The SMILES string of the molecule is O=C(NN=Cc1cc(Br)cc(I)c1O)C(=Cc1cccs1)NC(=O)c1ccccc1. The van der Waals surface area contributed by atoms with E-state index in [4.69, 9.17) is 0 Å². The number of thiophene rings is 1. The van der Waals surface area contributed by atoms with Gasteiger partial charge in [-0.25, -0.2) is 5.43 Å². The summed E-state index contributed by atoms with van der Waals surface area (Å²) in [5.41, 5.74) is 3.31. The van der Waals surface area contributed by atoms with Crippen molar-refractivity contribution in [3.05, 3.63) is 89.7 Å². The van der Waals surface area contributed by atoms with E-state index in [0.717, 1.165) is 9.35 Å². The molecule has 0 bridgehead atoms. The molecule has 3 rings (SSSR count). The summed E-state index contributed by atoms with van der Waals surface area (Å²) < 4.78 is 1.41. The minimum absolute atomic E-state index is 0.0523. The molecule has 152 valence electrons.